The van der Waals surface area contributed by atoms with Crippen molar-refractivity contribution in [3.05, 3.63) is 52.8 Å². The molecule has 0 spiro atoms. The van der Waals surface area contributed by atoms with E-state index in [4.69, 9.17) is 9.47 Å². The smallest absolute Gasteiger partial charge is 0.262 e. The largest absolute Gasteiger partial charge is 0.481 e. The van der Waals surface area contributed by atoms with E-state index in [0.717, 1.165) is 0 Å². The molecule has 2 amide bonds. The Hall–Kier alpha value is -2.45. The summed E-state index contributed by atoms with van der Waals surface area (Å²) in [5.41, 5.74) is 1.10. The van der Waals surface area contributed by atoms with Gasteiger partial charge in [0.05, 0.1) is 0 Å². The lowest BCUT2D eigenvalue weighted by atomic mass is 10.2. The maximum absolute atomic E-state index is 13.6. The fourth-order valence-electron chi connectivity index (χ4n) is 1.90. The minimum Gasteiger partial charge on any atom is -0.481 e. The molecule has 0 bridgehead atoms. The topological polar surface area (TPSA) is 76.7 Å². The Balaban J connectivity index is 1.84. The van der Waals surface area contributed by atoms with E-state index in [9.17, 15) is 14.0 Å². The first-order chi connectivity index (χ1) is 12.0. The molecule has 0 fully saturated rings. The van der Waals surface area contributed by atoms with E-state index in [1.54, 1.807) is 30.3 Å². The van der Waals surface area contributed by atoms with Crippen LogP contribution in [0.1, 0.15) is 0 Å². The lowest BCUT2D eigenvalue weighted by Gasteiger charge is -2.09. The number of methoxy groups -OCH3 is 1. The summed E-state index contributed by atoms with van der Waals surface area (Å²) in [6.45, 7) is -0.368. The van der Waals surface area contributed by atoms with Crippen LogP contribution in [-0.2, 0) is 14.3 Å². The number of anilines is 2. The molecule has 2 aromatic rings. The summed E-state index contributed by atoms with van der Waals surface area (Å²) in [7, 11) is 1.43. The molecule has 0 atom stereocenters. The van der Waals surface area contributed by atoms with E-state index in [1.165, 1.54) is 19.2 Å². The van der Waals surface area contributed by atoms with Crippen LogP contribution >= 0.6 is 15.9 Å². The number of hydrogen-bond donors (Lipinski definition) is 2. The van der Waals surface area contributed by atoms with E-state index in [1.807, 2.05) is 0 Å². The summed E-state index contributed by atoms with van der Waals surface area (Å²) in [6.07, 6.45) is 0. The van der Waals surface area contributed by atoms with E-state index in [2.05, 4.69) is 26.6 Å². The highest BCUT2D eigenvalue weighted by Gasteiger charge is 2.08. The molecular formula is C17H16BrFN2O4. The van der Waals surface area contributed by atoms with Gasteiger partial charge in [-0.3, -0.25) is 9.59 Å². The molecule has 2 rings (SSSR count). The molecule has 2 N–H and O–H groups in total. The second-order valence-electron chi connectivity index (χ2n) is 4.97. The normalized spacial score (nSPS) is 10.2. The van der Waals surface area contributed by atoms with Gasteiger partial charge in [0.25, 0.3) is 5.91 Å². The Bertz CT molecular complexity index is 753. The number of benzene rings is 2. The van der Waals surface area contributed by atoms with Gasteiger partial charge in [-0.2, -0.15) is 0 Å². The summed E-state index contributed by atoms with van der Waals surface area (Å²) in [6, 6.07) is 10.8. The molecule has 0 radical (unpaired) electrons. The fourth-order valence-corrected chi connectivity index (χ4v) is 2.23. The summed E-state index contributed by atoms with van der Waals surface area (Å²) in [5, 5.41) is 5.25. The van der Waals surface area contributed by atoms with Crippen LogP contribution in [0.15, 0.2) is 46.9 Å². The van der Waals surface area contributed by atoms with Crippen molar-refractivity contribution in [1.82, 2.24) is 0 Å². The Labute approximate surface area is 152 Å². The van der Waals surface area contributed by atoms with Crippen molar-refractivity contribution in [2.24, 2.45) is 0 Å². The minimum absolute atomic E-state index is 0.00504. The van der Waals surface area contributed by atoms with Gasteiger partial charge in [0.1, 0.15) is 6.61 Å². The number of hydrogen-bond acceptors (Lipinski definition) is 4. The Morgan fingerprint density at radius 2 is 1.56 bits per heavy atom. The number of ether oxygens (including phenoxy) is 2. The first kappa shape index (κ1) is 18.9. The molecule has 132 valence electrons. The van der Waals surface area contributed by atoms with Crippen LogP contribution in [0.25, 0.3) is 0 Å². The molecule has 0 aliphatic heterocycles. The Morgan fingerprint density at radius 3 is 2.08 bits per heavy atom. The molecule has 0 saturated carbocycles. The van der Waals surface area contributed by atoms with Crippen LogP contribution in [0.3, 0.4) is 0 Å². The molecule has 0 unspecified atom stereocenters. The van der Waals surface area contributed by atoms with Crippen molar-refractivity contribution in [2.45, 2.75) is 0 Å². The Kier molecular flexibility index (Phi) is 6.91. The standard InChI is InChI=1S/C17H16BrFN2O4/c1-24-9-16(22)20-12-3-5-13(6-4-12)21-17(23)10-25-15-7-2-11(18)8-14(15)19/h2-8H,9-10H2,1H3,(H,20,22)(H,21,23). The zero-order valence-electron chi connectivity index (χ0n) is 13.3. The van der Waals surface area contributed by atoms with Gasteiger partial charge < -0.3 is 20.1 Å². The maximum atomic E-state index is 13.6. The number of halogens is 2. The zero-order valence-corrected chi connectivity index (χ0v) is 14.9. The van der Waals surface area contributed by atoms with Crippen LogP contribution < -0.4 is 15.4 Å². The third-order valence-electron chi connectivity index (χ3n) is 2.98. The molecular weight excluding hydrogens is 395 g/mol. The number of nitrogens with one attached hydrogen (secondary N) is 2. The van der Waals surface area contributed by atoms with Gasteiger partial charge >= 0.3 is 0 Å². The van der Waals surface area contributed by atoms with Crippen molar-refractivity contribution in [3.63, 3.8) is 0 Å². The molecule has 0 aromatic heterocycles. The van der Waals surface area contributed by atoms with Crippen LogP contribution in [0, 0.1) is 5.82 Å². The Morgan fingerprint density at radius 1 is 1.00 bits per heavy atom. The maximum Gasteiger partial charge on any atom is 0.262 e. The van der Waals surface area contributed by atoms with Gasteiger partial charge in [0.2, 0.25) is 5.91 Å². The second kappa shape index (κ2) is 9.14. The average molecular weight is 411 g/mol. The average Bonchev–Trinajstić information content (AvgIpc) is 2.56. The second-order valence-corrected chi connectivity index (χ2v) is 5.89. The highest BCUT2D eigenvalue weighted by Crippen LogP contribution is 2.21. The first-order valence-corrected chi connectivity index (χ1v) is 8.04. The highest BCUT2D eigenvalue weighted by atomic mass is 79.9. The van der Waals surface area contributed by atoms with E-state index >= 15 is 0 Å². The lowest BCUT2D eigenvalue weighted by Crippen LogP contribution is -2.20. The third-order valence-corrected chi connectivity index (χ3v) is 3.47. The van der Waals surface area contributed by atoms with Crippen LogP contribution in [0.5, 0.6) is 5.75 Å². The molecule has 2 aromatic carbocycles. The van der Waals surface area contributed by atoms with E-state index in [0.29, 0.717) is 15.8 Å². The van der Waals surface area contributed by atoms with Crippen LogP contribution in [0.2, 0.25) is 0 Å². The predicted molar refractivity (Wildman–Crippen MR) is 95.2 cm³/mol. The zero-order chi connectivity index (χ0) is 18.2. The van der Waals surface area contributed by atoms with E-state index in [-0.39, 0.29) is 24.9 Å². The molecule has 6 nitrogen and oxygen atoms in total. The van der Waals surface area contributed by atoms with Crippen LogP contribution in [0.4, 0.5) is 15.8 Å². The fraction of sp³-hybridized carbons (Fsp3) is 0.176. The lowest BCUT2D eigenvalue weighted by molar-refractivity contribution is -0.120. The molecule has 0 heterocycles. The third kappa shape index (κ3) is 6.17. The first-order valence-electron chi connectivity index (χ1n) is 7.24. The summed E-state index contributed by atoms with van der Waals surface area (Å²) >= 11 is 3.14. The number of carbonyl (C=O) groups is 2. The molecule has 25 heavy (non-hydrogen) atoms. The van der Waals surface area contributed by atoms with Gasteiger partial charge in [-0.25, -0.2) is 4.39 Å². The highest BCUT2D eigenvalue weighted by molar-refractivity contribution is 9.10. The van der Waals surface area contributed by atoms with Crippen LogP contribution in [-0.4, -0.2) is 32.1 Å². The molecule has 0 aliphatic carbocycles. The van der Waals surface area contributed by atoms with Crippen molar-refractivity contribution >= 4 is 39.1 Å². The van der Waals surface area contributed by atoms with Gasteiger partial charge in [0.15, 0.2) is 18.2 Å². The monoisotopic (exact) mass is 410 g/mol. The van der Waals surface area contributed by atoms with Crippen molar-refractivity contribution in [2.75, 3.05) is 31.0 Å². The van der Waals surface area contributed by atoms with Gasteiger partial charge in [-0.1, -0.05) is 15.9 Å². The summed E-state index contributed by atoms with van der Waals surface area (Å²) in [4.78, 5) is 23.2. The van der Waals surface area contributed by atoms with E-state index < -0.39 is 11.7 Å². The SMILES string of the molecule is COCC(=O)Nc1ccc(NC(=O)COc2ccc(Br)cc2F)cc1. The molecule has 0 aliphatic rings. The number of rotatable bonds is 7. The van der Waals surface area contributed by atoms with Gasteiger partial charge in [0, 0.05) is 23.0 Å². The van der Waals surface area contributed by atoms with Gasteiger partial charge in [-0.15, -0.1) is 0 Å². The number of carbonyl (C=O) groups excluding carboxylic acids is 2. The molecule has 8 heteroatoms. The number of amides is 2. The molecule has 0 saturated heterocycles. The van der Waals surface area contributed by atoms with Crippen molar-refractivity contribution < 1.29 is 23.5 Å². The summed E-state index contributed by atoms with van der Waals surface area (Å²) < 4.78 is 24.1. The summed E-state index contributed by atoms with van der Waals surface area (Å²) in [5.74, 6) is -1.27. The van der Waals surface area contributed by atoms with Crippen molar-refractivity contribution in [1.29, 1.82) is 0 Å². The van der Waals surface area contributed by atoms with Crippen molar-refractivity contribution in [3.8, 4) is 5.75 Å². The predicted octanol–water partition coefficient (Wildman–Crippen LogP) is 3.19. The quantitative estimate of drug-likeness (QED) is 0.734. The minimum atomic E-state index is -0.557. The van der Waals surface area contributed by atoms with Gasteiger partial charge in [-0.05, 0) is 42.5 Å².